The average molecular weight is 611 g/mol. The predicted molar refractivity (Wildman–Crippen MR) is 148 cm³/mol. The third kappa shape index (κ3) is 5.46. The molecule has 12 heteroatoms. The highest BCUT2D eigenvalue weighted by Gasteiger charge is 2.56. The van der Waals surface area contributed by atoms with Crippen LogP contribution in [-0.2, 0) is 15.8 Å². The molecule has 1 aliphatic carbocycles. The first-order valence-electron chi connectivity index (χ1n) is 13.6. The molecule has 3 fully saturated rings. The number of carbonyl (C=O) groups excluding carboxylic acids is 3. The minimum absolute atomic E-state index is 0.0924. The SMILES string of the molecule is CN(C(=O)c1cc(C(F)(F)F)ccn1)[C@]1(C(=O)C2CCN(C(=O)C3(C)CC3)CC2)CNC[C@H]1c1ccc(Cl)c(Cl)c1. The van der Waals surface area contributed by atoms with Crippen molar-refractivity contribution < 1.29 is 27.6 Å². The Bertz CT molecular complexity index is 1380. The highest BCUT2D eigenvalue weighted by Crippen LogP contribution is 2.47. The largest absolute Gasteiger partial charge is 0.416 e. The molecule has 1 aromatic carbocycles. The lowest BCUT2D eigenvalue weighted by atomic mass is 9.71. The fraction of sp³-hybridized carbons (Fsp3) is 0.517. The quantitative estimate of drug-likeness (QED) is 0.485. The molecule has 1 saturated carbocycles. The first-order chi connectivity index (χ1) is 19.3. The van der Waals surface area contributed by atoms with Gasteiger partial charge < -0.3 is 15.1 Å². The molecule has 2 amide bonds. The van der Waals surface area contributed by atoms with Crippen LogP contribution in [0.5, 0.6) is 0 Å². The number of halogens is 5. The van der Waals surface area contributed by atoms with Gasteiger partial charge in [-0.05, 0) is 55.5 Å². The van der Waals surface area contributed by atoms with Crippen molar-refractivity contribution in [1.29, 1.82) is 0 Å². The lowest BCUT2D eigenvalue weighted by Gasteiger charge is -2.45. The molecule has 41 heavy (non-hydrogen) atoms. The lowest BCUT2D eigenvalue weighted by Crippen LogP contribution is -2.62. The smallest absolute Gasteiger partial charge is 0.342 e. The molecule has 7 nitrogen and oxygen atoms in total. The minimum Gasteiger partial charge on any atom is -0.342 e. The summed E-state index contributed by atoms with van der Waals surface area (Å²) in [5.74, 6) is -1.91. The van der Waals surface area contributed by atoms with Gasteiger partial charge in [-0.1, -0.05) is 36.2 Å². The Morgan fingerprint density at radius 1 is 1.07 bits per heavy atom. The molecule has 0 bridgehead atoms. The molecule has 0 unspecified atom stereocenters. The van der Waals surface area contributed by atoms with E-state index in [4.69, 9.17) is 23.2 Å². The summed E-state index contributed by atoms with van der Waals surface area (Å²) >= 11 is 12.5. The topological polar surface area (TPSA) is 82.6 Å². The van der Waals surface area contributed by atoms with Crippen molar-refractivity contribution in [3.8, 4) is 0 Å². The Morgan fingerprint density at radius 3 is 2.37 bits per heavy atom. The predicted octanol–water partition coefficient (Wildman–Crippen LogP) is 5.21. The van der Waals surface area contributed by atoms with Gasteiger partial charge in [0.1, 0.15) is 11.2 Å². The maximum Gasteiger partial charge on any atom is 0.416 e. The molecule has 0 radical (unpaired) electrons. The summed E-state index contributed by atoms with van der Waals surface area (Å²) in [4.78, 5) is 48.2. The van der Waals surface area contributed by atoms with Crippen LogP contribution >= 0.6 is 23.2 Å². The van der Waals surface area contributed by atoms with Crippen molar-refractivity contribution in [3.63, 3.8) is 0 Å². The second-order valence-corrected chi connectivity index (χ2v) is 12.4. The zero-order valence-electron chi connectivity index (χ0n) is 22.7. The number of hydrogen-bond acceptors (Lipinski definition) is 5. The van der Waals surface area contributed by atoms with Gasteiger partial charge in [0.25, 0.3) is 5.91 Å². The fourth-order valence-electron chi connectivity index (χ4n) is 6.16. The van der Waals surface area contributed by atoms with Gasteiger partial charge in [0.2, 0.25) is 5.91 Å². The summed E-state index contributed by atoms with van der Waals surface area (Å²) < 4.78 is 40.3. The second-order valence-electron chi connectivity index (χ2n) is 11.6. The minimum atomic E-state index is -4.66. The van der Waals surface area contributed by atoms with Gasteiger partial charge in [0, 0.05) is 56.7 Å². The number of Topliss-reactive ketones (excluding diaryl/α,β-unsaturated/α-hetero) is 1. The standard InChI is InChI=1S/C29H31Cl2F3N4O3/c1-27(8-9-27)26(41)38-11-6-17(7-12-38)24(39)28(16-35-15-20(28)18-3-4-21(30)22(31)13-18)37(2)25(40)23-14-19(5-10-36-23)29(32,33)34/h3-5,10,13-14,17,20,35H,6-9,11-12,15-16H2,1-2H3/t20-,28+/m0/s1. The van der Waals surface area contributed by atoms with Gasteiger partial charge in [-0.2, -0.15) is 13.2 Å². The highest BCUT2D eigenvalue weighted by atomic mass is 35.5. The van der Waals surface area contributed by atoms with Gasteiger partial charge in [-0.25, -0.2) is 0 Å². The summed E-state index contributed by atoms with van der Waals surface area (Å²) in [6, 6.07) is 6.51. The van der Waals surface area contributed by atoms with E-state index in [1.165, 1.54) is 11.9 Å². The first kappa shape index (κ1) is 29.8. The Kier molecular flexibility index (Phi) is 7.89. The maximum absolute atomic E-state index is 14.6. The monoisotopic (exact) mass is 610 g/mol. The van der Waals surface area contributed by atoms with Crippen molar-refractivity contribution in [2.75, 3.05) is 33.2 Å². The van der Waals surface area contributed by atoms with E-state index in [1.54, 1.807) is 18.2 Å². The van der Waals surface area contributed by atoms with Gasteiger partial charge >= 0.3 is 6.18 Å². The zero-order valence-corrected chi connectivity index (χ0v) is 24.2. The molecule has 2 atom stereocenters. The molecular formula is C29H31Cl2F3N4O3. The molecule has 2 saturated heterocycles. The van der Waals surface area contributed by atoms with Crippen LogP contribution in [0, 0.1) is 11.3 Å². The van der Waals surface area contributed by atoms with E-state index >= 15 is 0 Å². The van der Waals surface area contributed by atoms with Gasteiger partial charge in [0.05, 0.1) is 15.6 Å². The summed E-state index contributed by atoms with van der Waals surface area (Å²) in [5, 5.41) is 3.85. The normalized spacial score (nSPS) is 24.3. The Morgan fingerprint density at radius 2 is 1.76 bits per heavy atom. The van der Waals surface area contributed by atoms with Crippen LogP contribution in [0.3, 0.4) is 0 Å². The third-order valence-corrected chi connectivity index (χ3v) is 9.71. The van der Waals surface area contributed by atoms with E-state index < -0.39 is 40.7 Å². The van der Waals surface area contributed by atoms with Gasteiger partial charge in [0.15, 0.2) is 5.78 Å². The van der Waals surface area contributed by atoms with E-state index in [0.717, 1.165) is 25.1 Å². The zero-order chi connectivity index (χ0) is 29.7. The number of rotatable bonds is 6. The molecule has 220 valence electrons. The molecule has 0 spiro atoms. The van der Waals surface area contributed by atoms with Crippen LogP contribution in [0.4, 0.5) is 13.2 Å². The molecule has 2 aromatic rings. The van der Waals surface area contributed by atoms with Crippen LogP contribution in [0.1, 0.15) is 60.1 Å². The van der Waals surface area contributed by atoms with E-state index in [-0.39, 0.29) is 28.7 Å². The molecule has 2 aliphatic heterocycles. The van der Waals surface area contributed by atoms with Crippen LogP contribution in [0.2, 0.25) is 10.0 Å². The van der Waals surface area contributed by atoms with Crippen LogP contribution in [0.15, 0.2) is 36.5 Å². The first-order valence-corrected chi connectivity index (χ1v) is 14.3. The van der Waals surface area contributed by atoms with E-state index in [1.807, 2.05) is 11.8 Å². The number of amides is 2. The summed E-state index contributed by atoms with van der Waals surface area (Å²) in [7, 11) is 1.44. The number of ketones is 1. The Balaban J connectivity index is 1.49. The molecule has 1 N–H and O–H groups in total. The molecule has 5 rings (SSSR count). The Labute approximate surface area is 246 Å². The number of nitrogens with zero attached hydrogens (tertiary/aromatic N) is 3. The number of likely N-dealkylation sites (tertiary alicyclic amines) is 1. The van der Waals surface area contributed by atoms with Crippen molar-refractivity contribution in [3.05, 3.63) is 63.4 Å². The van der Waals surface area contributed by atoms with E-state index in [2.05, 4.69) is 10.3 Å². The van der Waals surface area contributed by atoms with Crippen molar-refractivity contribution in [2.24, 2.45) is 11.3 Å². The number of aromatic nitrogens is 1. The number of alkyl halides is 3. The average Bonchev–Trinajstić information content (AvgIpc) is 3.55. The number of hydrogen-bond donors (Lipinski definition) is 1. The van der Waals surface area contributed by atoms with Crippen LogP contribution in [0.25, 0.3) is 0 Å². The van der Waals surface area contributed by atoms with Crippen molar-refractivity contribution in [2.45, 2.75) is 50.2 Å². The van der Waals surface area contributed by atoms with Crippen LogP contribution in [-0.4, -0.2) is 71.1 Å². The number of likely N-dealkylation sites (N-methyl/N-ethyl adjacent to an activating group) is 1. The fourth-order valence-corrected chi connectivity index (χ4v) is 6.46. The maximum atomic E-state index is 14.6. The van der Waals surface area contributed by atoms with Gasteiger partial charge in [-0.15, -0.1) is 0 Å². The van der Waals surface area contributed by atoms with Crippen LogP contribution < -0.4 is 5.32 Å². The molecule has 1 aromatic heterocycles. The summed E-state index contributed by atoms with van der Waals surface area (Å²) in [6.07, 6.45) is -1.14. The molecule has 3 heterocycles. The van der Waals surface area contributed by atoms with E-state index in [0.29, 0.717) is 49.1 Å². The lowest BCUT2D eigenvalue weighted by molar-refractivity contribution is -0.142. The Hall–Kier alpha value is -2.69. The van der Waals surface area contributed by atoms with E-state index in [9.17, 15) is 27.6 Å². The number of carbonyl (C=O) groups is 3. The number of nitrogens with one attached hydrogen (secondary N) is 1. The number of benzene rings is 1. The number of piperidine rings is 1. The summed E-state index contributed by atoms with van der Waals surface area (Å²) in [5.41, 5.74) is -2.49. The molecule has 3 aliphatic rings. The van der Waals surface area contributed by atoms with Crippen molar-refractivity contribution in [1.82, 2.24) is 20.1 Å². The highest BCUT2D eigenvalue weighted by molar-refractivity contribution is 6.42. The number of pyridine rings is 1. The van der Waals surface area contributed by atoms with Gasteiger partial charge in [-0.3, -0.25) is 19.4 Å². The molecular weight excluding hydrogens is 580 g/mol. The summed E-state index contributed by atoms with van der Waals surface area (Å²) in [6.45, 7) is 3.23. The van der Waals surface area contributed by atoms with Crippen molar-refractivity contribution >= 4 is 40.8 Å². The third-order valence-electron chi connectivity index (χ3n) is 8.97. The second kappa shape index (κ2) is 10.9.